The molecule has 0 N–H and O–H groups in total. The van der Waals surface area contributed by atoms with Crippen LogP contribution < -0.4 is 14.4 Å². The summed E-state index contributed by atoms with van der Waals surface area (Å²) in [6.45, 7) is 3.26. The van der Waals surface area contributed by atoms with Crippen molar-refractivity contribution in [2.45, 2.75) is 32.1 Å². The van der Waals surface area contributed by atoms with E-state index in [1.807, 2.05) is 24.3 Å². The van der Waals surface area contributed by atoms with Crippen LogP contribution in [0.15, 0.2) is 47.0 Å². The summed E-state index contributed by atoms with van der Waals surface area (Å²) in [6, 6.07) is 12.8. The second-order valence-electron chi connectivity index (χ2n) is 7.41. The number of benzene rings is 2. The Bertz CT molecular complexity index is 1050. The van der Waals surface area contributed by atoms with Crippen molar-refractivity contribution in [1.82, 2.24) is 10.1 Å². The topological polar surface area (TPSA) is 77.7 Å². The van der Waals surface area contributed by atoms with Crippen molar-refractivity contribution in [3.05, 3.63) is 53.3 Å². The molecule has 1 fully saturated rings. The molecule has 8 heteroatoms. The van der Waals surface area contributed by atoms with E-state index in [0.717, 1.165) is 24.2 Å². The zero-order chi connectivity index (χ0) is 21.8. The van der Waals surface area contributed by atoms with Gasteiger partial charge in [0.25, 0.3) is 5.89 Å². The molecule has 1 atom stereocenters. The monoisotopic (exact) mass is 441 g/mol. The molecule has 162 valence electrons. The number of ether oxygens (including phenoxy) is 2. The van der Waals surface area contributed by atoms with Crippen LogP contribution in [-0.4, -0.2) is 36.3 Å². The van der Waals surface area contributed by atoms with Crippen molar-refractivity contribution in [3.8, 4) is 23.0 Å². The molecule has 4 rings (SSSR count). The lowest BCUT2D eigenvalue weighted by Gasteiger charge is -2.19. The predicted molar refractivity (Wildman–Crippen MR) is 118 cm³/mol. The van der Waals surface area contributed by atoms with Gasteiger partial charge in [0.1, 0.15) is 11.5 Å². The van der Waals surface area contributed by atoms with Gasteiger partial charge in [-0.15, -0.1) is 0 Å². The normalized spacial score (nSPS) is 16.0. The summed E-state index contributed by atoms with van der Waals surface area (Å²) in [5.74, 6) is 2.12. The lowest BCUT2D eigenvalue weighted by molar-refractivity contribution is -0.117. The van der Waals surface area contributed by atoms with E-state index >= 15 is 0 Å². The third kappa shape index (κ3) is 4.66. The van der Waals surface area contributed by atoms with Crippen molar-refractivity contribution in [2.75, 3.05) is 25.2 Å². The Hall–Kier alpha value is -3.06. The molecule has 7 nitrogen and oxygen atoms in total. The van der Waals surface area contributed by atoms with Crippen LogP contribution in [0.5, 0.6) is 11.5 Å². The molecule has 2 aromatic carbocycles. The fourth-order valence-electron chi connectivity index (χ4n) is 3.53. The average Bonchev–Trinajstić information content (AvgIpc) is 3.41. The second kappa shape index (κ2) is 9.39. The van der Waals surface area contributed by atoms with Crippen LogP contribution >= 0.6 is 11.6 Å². The quantitative estimate of drug-likeness (QED) is 0.452. The van der Waals surface area contributed by atoms with Crippen LogP contribution in [0.4, 0.5) is 5.69 Å². The molecule has 1 saturated heterocycles. The number of nitrogens with zero attached hydrogens (tertiary/aromatic N) is 3. The Kier molecular flexibility index (Phi) is 6.42. The summed E-state index contributed by atoms with van der Waals surface area (Å²) in [5, 5.41) is 4.66. The standard InChI is InChI=1S/C23H24ClN3O4/c1-3-4-11-30-18-8-5-15(6-9-18)23-25-22(26-31-23)16-12-21(28)27(14-16)19-13-17(24)7-10-20(19)29-2/h5-10,13,16H,3-4,11-12,14H2,1-2H3. The van der Waals surface area contributed by atoms with Crippen molar-refractivity contribution in [2.24, 2.45) is 0 Å². The molecule has 0 saturated carbocycles. The molecule has 1 aliphatic heterocycles. The summed E-state index contributed by atoms with van der Waals surface area (Å²) >= 11 is 6.13. The van der Waals surface area contributed by atoms with Crippen LogP contribution in [0, 0.1) is 0 Å². The van der Waals surface area contributed by atoms with Gasteiger partial charge < -0.3 is 18.9 Å². The number of aromatic nitrogens is 2. The predicted octanol–water partition coefficient (Wildman–Crippen LogP) is 5.10. The molecule has 0 aliphatic carbocycles. The Labute approximate surface area is 185 Å². The summed E-state index contributed by atoms with van der Waals surface area (Å²) in [6.07, 6.45) is 2.40. The van der Waals surface area contributed by atoms with Crippen molar-refractivity contribution in [3.63, 3.8) is 0 Å². The van der Waals surface area contributed by atoms with Crippen LogP contribution in [0.25, 0.3) is 11.5 Å². The van der Waals surface area contributed by atoms with Gasteiger partial charge in [-0.3, -0.25) is 4.79 Å². The fraction of sp³-hybridized carbons (Fsp3) is 0.348. The molecule has 1 amide bonds. The largest absolute Gasteiger partial charge is 0.495 e. The minimum Gasteiger partial charge on any atom is -0.495 e. The van der Waals surface area contributed by atoms with Crippen molar-refractivity contribution in [1.29, 1.82) is 0 Å². The molecule has 0 spiro atoms. The third-order valence-corrected chi connectivity index (χ3v) is 5.47. The highest BCUT2D eigenvalue weighted by atomic mass is 35.5. The van der Waals surface area contributed by atoms with Gasteiger partial charge in [0.2, 0.25) is 5.91 Å². The highest BCUT2D eigenvalue weighted by Crippen LogP contribution is 2.37. The van der Waals surface area contributed by atoms with Crippen LogP contribution in [0.1, 0.15) is 37.9 Å². The highest BCUT2D eigenvalue weighted by Gasteiger charge is 2.36. The van der Waals surface area contributed by atoms with E-state index < -0.39 is 0 Å². The van der Waals surface area contributed by atoms with E-state index in [1.165, 1.54) is 0 Å². The average molecular weight is 442 g/mol. The first kappa shape index (κ1) is 21.2. The number of rotatable bonds is 8. The summed E-state index contributed by atoms with van der Waals surface area (Å²) < 4.78 is 16.5. The van der Waals surface area contributed by atoms with Gasteiger partial charge in [-0.05, 0) is 48.9 Å². The lowest BCUT2D eigenvalue weighted by Crippen LogP contribution is -2.24. The summed E-state index contributed by atoms with van der Waals surface area (Å²) in [5.41, 5.74) is 1.45. The molecular formula is C23H24ClN3O4. The van der Waals surface area contributed by atoms with E-state index in [0.29, 0.717) is 47.7 Å². The molecule has 3 aromatic rings. The molecule has 0 radical (unpaired) electrons. The first-order chi connectivity index (χ1) is 15.1. The number of hydrogen-bond donors (Lipinski definition) is 0. The molecule has 1 aliphatic rings. The van der Waals surface area contributed by atoms with Crippen molar-refractivity contribution < 1.29 is 18.8 Å². The van der Waals surface area contributed by atoms with Crippen LogP contribution in [-0.2, 0) is 4.79 Å². The molecule has 31 heavy (non-hydrogen) atoms. The number of carbonyl (C=O) groups is 1. The van der Waals surface area contributed by atoms with E-state index in [-0.39, 0.29) is 11.8 Å². The SMILES string of the molecule is CCCCOc1ccc(-c2nc(C3CC(=O)N(c4cc(Cl)ccc4OC)C3)no2)cc1. The Morgan fingerprint density at radius 2 is 2.03 bits per heavy atom. The number of carbonyl (C=O) groups excluding carboxylic acids is 1. The van der Waals surface area contributed by atoms with Gasteiger partial charge in [0, 0.05) is 29.5 Å². The maximum absolute atomic E-state index is 12.7. The van der Waals surface area contributed by atoms with Gasteiger partial charge >= 0.3 is 0 Å². The van der Waals surface area contributed by atoms with Crippen LogP contribution in [0.3, 0.4) is 0 Å². The summed E-state index contributed by atoms with van der Waals surface area (Å²) in [7, 11) is 1.57. The Balaban J connectivity index is 1.47. The number of amides is 1. The van der Waals surface area contributed by atoms with E-state index in [2.05, 4.69) is 17.1 Å². The Morgan fingerprint density at radius 1 is 1.23 bits per heavy atom. The zero-order valence-corrected chi connectivity index (χ0v) is 18.3. The zero-order valence-electron chi connectivity index (χ0n) is 17.5. The van der Waals surface area contributed by atoms with Crippen molar-refractivity contribution >= 4 is 23.2 Å². The number of anilines is 1. The van der Waals surface area contributed by atoms with Gasteiger partial charge in [0.15, 0.2) is 5.82 Å². The van der Waals surface area contributed by atoms with E-state index in [4.69, 9.17) is 25.6 Å². The highest BCUT2D eigenvalue weighted by molar-refractivity contribution is 6.31. The van der Waals surface area contributed by atoms with Crippen LogP contribution in [0.2, 0.25) is 5.02 Å². The first-order valence-corrected chi connectivity index (χ1v) is 10.7. The van der Waals surface area contributed by atoms with Gasteiger partial charge in [-0.25, -0.2) is 0 Å². The van der Waals surface area contributed by atoms with E-state index in [9.17, 15) is 4.79 Å². The van der Waals surface area contributed by atoms with Gasteiger partial charge in [-0.2, -0.15) is 4.98 Å². The molecular weight excluding hydrogens is 418 g/mol. The number of hydrogen-bond acceptors (Lipinski definition) is 6. The smallest absolute Gasteiger partial charge is 0.257 e. The molecule has 1 unspecified atom stereocenters. The van der Waals surface area contributed by atoms with Gasteiger partial charge in [0.05, 0.1) is 19.4 Å². The maximum atomic E-state index is 12.7. The molecule has 0 bridgehead atoms. The Morgan fingerprint density at radius 3 is 2.77 bits per heavy atom. The lowest BCUT2D eigenvalue weighted by atomic mass is 10.1. The molecule has 1 aromatic heterocycles. The number of methoxy groups -OCH3 is 1. The number of unbranched alkanes of at least 4 members (excludes halogenated alkanes) is 1. The molecule has 2 heterocycles. The fourth-order valence-corrected chi connectivity index (χ4v) is 3.70. The first-order valence-electron chi connectivity index (χ1n) is 10.3. The number of halogens is 1. The second-order valence-corrected chi connectivity index (χ2v) is 7.84. The third-order valence-electron chi connectivity index (χ3n) is 5.23. The maximum Gasteiger partial charge on any atom is 0.257 e. The summed E-state index contributed by atoms with van der Waals surface area (Å²) in [4.78, 5) is 18.9. The minimum atomic E-state index is -0.176. The van der Waals surface area contributed by atoms with E-state index in [1.54, 1.807) is 30.2 Å². The van der Waals surface area contributed by atoms with Gasteiger partial charge in [-0.1, -0.05) is 30.1 Å². The minimum absolute atomic E-state index is 0.0366.